The number of rotatable bonds is 4. The maximum absolute atomic E-state index is 12.1. The van der Waals surface area contributed by atoms with Crippen LogP contribution in [0.4, 0.5) is 0 Å². The first kappa shape index (κ1) is 35.9. The van der Waals surface area contributed by atoms with Crippen LogP contribution in [0.2, 0.25) is 0 Å². The van der Waals surface area contributed by atoms with Crippen molar-refractivity contribution in [2.75, 3.05) is 39.4 Å². The first-order chi connectivity index (χ1) is 16.0. The molecule has 0 saturated carbocycles. The maximum atomic E-state index is 12.1. The molecule has 3 N–H and O–H groups in total. The lowest BCUT2D eigenvalue weighted by Crippen LogP contribution is -2.39. The van der Waals surface area contributed by atoms with Gasteiger partial charge in [0.15, 0.2) is 0 Å². The average molecular weight is 523 g/mol. The number of aliphatic hydroxyl groups excluding tert-OH is 2. The van der Waals surface area contributed by atoms with Crippen molar-refractivity contribution in [2.24, 2.45) is 11.8 Å². The molecular weight excluding hydrogens is 476 g/mol. The van der Waals surface area contributed by atoms with Gasteiger partial charge in [-0.1, -0.05) is 70.8 Å². The van der Waals surface area contributed by atoms with Gasteiger partial charge in [-0.3, -0.25) is 9.59 Å². The molecule has 2 saturated heterocycles. The molecule has 0 aromatic heterocycles. The van der Waals surface area contributed by atoms with Crippen molar-refractivity contribution in [1.82, 2.24) is 10.2 Å². The van der Waals surface area contributed by atoms with Crippen molar-refractivity contribution in [1.29, 1.82) is 0 Å². The fraction of sp³-hybridized carbons (Fsp3) is 0.517. The summed E-state index contributed by atoms with van der Waals surface area (Å²) in [5.41, 5.74) is 1.30. The molecule has 0 unspecified atom stereocenters. The lowest BCUT2D eigenvalue weighted by Gasteiger charge is -2.31. The minimum absolute atomic E-state index is 0. The van der Waals surface area contributed by atoms with Crippen molar-refractivity contribution in [3.63, 3.8) is 0 Å². The second kappa shape index (κ2) is 20.9. The zero-order valence-corrected chi connectivity index (χ0v) is 19.8. The van der Waals surface area contributed by atoms with Crippen LogP contribution in [-0.2, 0) is 0 Å². The molecule has 0 bridgehead atoms. The summed E-state index contributed by atoms with van der Waals surface area (Å²) in [5, 5.41) is 20.5. The molecule has 36 heavy (non-hydrogen) atoms. The van der Waals surface area contributed by atoms with E-state index < -0.39 is 5.24 Å². The number of piperidine rings is 2. The van der Waals surface area contributed by atoms with Crippen LogP contribution in [0.1, 0.15) is 68.7 Å². The van der Waals surface area contributed by atoms with Gasteiger partial charge in [0.2, 0.25) is 0 Å². The van der Waals surface area contributed by atoms with E-state index in [0.717, 1.165) is 57.4 Å². The molecule has 2 aliphatic heterocycles. The molecule has 2 aromatic rings. The van der Waals surface area contributed by atoms with Gasteiger partial charge in [0.1, 0.15) is 0 Å². The largest absolute Gasteiger partial charge is 0.396 e. The second-order valence-corrected chi connectivity index (χ2v) is 8.64. The Bertz CT molecular complexity index is 807. The van der Waals surface area contributed by atoms with E-state index in [4.69, 9.17) is 21.8 Å². The Labute approximate surface area is 223 Å². The molecule has 0 aliphatic carbocycles. The zero-order valence-electron chi connectivity index (χ0n) is 19.0. The molecule has 1 amide bonds. The lowest BCUT2D eigenvalue weighted by molar-refractivity contribution is 0.0651. The van der Waals surface area contributed by atoms with E-state index >= 15 is 0 Å². The van der Waals surface area contributed by atoms with E-state index in [1.807, 2.05) is 41.3 Å². The third-order valence-electron chi connectivity index (χ3n) is 5.90. The highest BCUT2D eigenvalue weighted by Crippen LogP contribution is 2.18. The number of aliphatic hydroxyl groups is 2. The topological polar surface area (TPSA) is 89.9 Å². The number of amides is 1. The minimum Gasteiger partial charge on any atom is -0.396 e. The molecule has 2 aliphatic rings. The van der Waals surface area contributed by atoms with Crippen LogP contribution >= 0.6 is 11.6 Å². The Morgan fingerprint density at radius 2 is 1.17 bits per heavy atom. The number of nitrogens with zero attached hydrogens (tertiary/aromatic N) is 1. The van der Waals surface area contributed by atoms with Gasteiger partial charge in [-0.15, -0.1) is 0 Å². The fourth-order valence-electron chi connectivity index (χ4n) is 3.72. The number of likely N-dealkylation sites (tertiary alicyclic amines) is 1. The van der Waals surface area contributed by atoms with Gasteiger partial charge in [0, 0.05) is 37.4 Å². The molecular formula is C29H47ClN2O4. The van der Waals surface area contributed by atoms with Gasteiger partial charge in [0.05, 0.1) is 0 Å². The summed E-state index contributed by atoms with van der Waals surface area (Å²) in [6.45, 7) is 4.32. The maximum Gasteiger partial charge on any atom is 0.253 e. The minimum atomic E-state index is -0.407. The van der Waals surface area contributed by atoms with Gasteiger partial charge in [0.25, 0.3) is 11.1 Å². The standard InChI is InChI=1S/C13H17NO2.C7H5ClO.C6H13NO.3CH4/c15-10-11-6-8-14(9-7-11)13(16)12-4-2-1-3-5-12;8-7(9)6-4-2-1-3-5-6;8-5-6-1-3-7-4-2-6;;;/h1-5,11,15H,6-10H2;1-5H;6-8H,1-5H2;3*1H4. The van der Waals surface area contributed by atoms with E-state index in [1.54, 1.807) is 24.3 Å². The molecule has 7 heteroatoms. The summed E-state index contributed by atoms with van der Waals surface area (Å²) in [5.74, 6) is 1.06. The Kier molecular flexibility index (Phi) is 20.8. The number of nitrogens with one attached hydrogen (secondary N) is 1. The Hall–Kier alpha value is -2.25. The van der Waals surface area contributed by atoms with E-state index in [9.17, 15) is 9.59 Å². The smallest absolute Gasteiger partial charge is 0.253 e. The monoisotopic (exact) mass is 522 g/mol. The summed E-state index contributed by atoms with van der Waals surface area (Å²) in [7, 11) is 0. The zero-order chi connectivity index (χ0) is 23.9. The number of carbonyl (C=O) groups excluding carboxylic acids is 2. The van der Waals surface area contributed by atoms with Crippen molar-refractivity contribution in [3.8, 4) is 0 Å². The second-order valence-electron chi connectivity index (χ2n) is 8.30. The summed E-state index contributed by atoms with van der Waals surface area (Å²) in [6.07, 6.45) is 4.12. The normalized spacial score (nSPS) is 15.2. The lowest BCUT2D eigenvalue weighted by atomic mass is 9.97. The fourth-order valence-corrected chi connectivity index (χ4v) is 3.84. The van der Waals surface area contributed by atoms with Crippen molar-refractivity contribution in [2.45, 2.75) is 48.0 Å². The van der Waals surface area contributed by atoms with Crippen LogP contribution in [0.3, 0.4) is 0 Å². The molecule has 2 fully saturated rings. The highest BCUT2D eigenvalue weighted by atomic mass is 35.5. The highest BCUT2D eigenvalue weighted by Gasteiger charge is 2.22. The first-order valence-electron chi connectivity index (χ1n) is 11.6. The van der Waals surface area contributed by atoms with Crippen molar-refractivity contribution in [3.05, 3.63) is 71.8 Å². The van der Waals surface area contributed by atoms with Crippen LogP contribution in [0.5, 0.6) is 0 Å². The Morgan fingerprint density at radius 3 is 1.53 bits per heavy atom. The molecule has 0 atom stereocenters. The summed E-state index contributed by atoms with van der Waals surface area (Å²) >= 11 is 5.16. The average Bonchev–Trinajstić information content (AvgIpc) is 2.90. The third-order valence-corrected chi connectivity index (χ3v) is 6.12. The quantitative estimate of drug-likeness (QED) is 0.462. The SMILES string of the molecule is C.C.C.O=C(Cl)c1ccccc1.O=C(c1ccccc1)N1CCC(CO)CC1.OCC1CCNCC1. The Morgan fingerprint density at radius 1 is 0.750 bits per heavy atom. The molecule has 6 nitrogen and oxygen atoms in total. The number of carbonyl (C=O) groups is 2. The summed E-state index contributed by atoms with van der Waals surface area (Å²) < 4.78 is 0. The van der Waals surface area contributed by atoms with Gasteiger partial charge in [-0.25, -0.2) is 0 Å². The van der Waals surface area contributed by atoms with Gasteiger partial charge in [-0.05, 0) is 74.3 Å². The van der Waals surface area contributed by atoms with Crippen molar-refractivity contribution < 1.29 is 19.8 Å². The third kappa shape index (κ3) is 13.2. The molecule has 0 radical (unpaired) electrons. The first-order valence-corrected chi connectivity index (χ1v) is 11.9. The van der Waals surface area contributed by atoms with Gasteiger partial charge < -0.3 is 20.4 Å². The van der Waals surface area contributed by atoms with Crippen LogP contribution in [0.15, 0.2) is 60.7 Å². The van der Waals surface area contributed by atoms with Crippen LogP contribution in [-0.4, -0.2) is 65.7 Å². The number of halogens is 1. The van der Waals surface area contributed by atoms with Crippen LogP contribution in [0, 0.1) is 11.8 Å². The predicted molar refractivity (Wildman–Crippen MR) is 152 cm³/mol. The van der Waals surface area contributed by atoms with Crippen molar-refractivity contribution >= 4 is 22.8 Å². The van der Waals surface area contributed by atoms with Gasteiger partial charge >= 0.3 is 0 Å². The highest BCUT2D eigenvalue weighted by molar-refractivity contribution is 6.67. The van der Waals surface area contributed by atoms with Crippen LogP contribution < -0.4 is 5.32 Å². The van der Waals surface area contributed by atoms with Crippen LogP contribution in [0.25, 0.3) is 0 Å². The molecule has 4 rings (SSSR count). The number of hydrogen-bond donors (Lipinski definition) is 3. The molecule has 204 valence electrons. The predicted octanol–water partition coefficient (Wildman–Crippen LogP) is 5.48. The molecule has 2 heterocycles. The van der Waals surface area contributed by atoms with E-state index in [-0.39, 0.29) is 34.8 Å². The number of hydrogen-bond acceptors (Lipinski definition) is 5. The number of benzene rings is 2. The van der Waals surface area contributed by atoms with Gasteiger partial charge in [-0.2, -0.15) is 0 Å². The Balaban J connectivity index is 0. The molecule has 0 spiro atoms. The van der Waals surface area contributed by atoms with E-state index in [0.29, 0.717) is 24.0 Å². The summed E-state index contributed by atoms with van der Waals surface area (Å²) in [6, 6.07) is 18.1. The van der Waals surface area contributed by atoms with E-state index in [1.165, 1.54) is 0 Å². The molecule has 2 aromatic carbocycles. The van der Waals surface area contributed by atoms with E-state index in [2.05, 4.69) is 5.32 Å². The summed E-state index contributed by atoms with van der Waals surface area (Å²) in [4.78, 5) is 24.3.